The summed E-state index contributed by atoms with van der Waals surface area (Å²) in [5.41, 5.74) is 1.18. The number of hydrogen-bond donors (Lipinski definition) is 1. The molecule has 3 aliphatic carbocycles. The molecule has 7 heteroatoms. The third kappa shape index (κ3) is 3.92. The third-order valence-electron chi connectivity index (χ3n) is 6.75. The second-order valence-corrected chi connectivity index (χ2v) is 9.63. The smallest absolute Gasteiger partial charge is 0.258 e. The first-order chi connectivity index (χ1) is 15.7. The van der Waals surface area contributed by atoms with Crippen LogP contribution in [0, 0.1) is 25.1 Å². The van der Waals surface area contributed by atoms with Crippen LogP contribution in [0.5, 0.6) is 5.75 Å². The SMILES string of the molecule is Cc1ccc2c(=O)cc(C(=O)CC34CC(NC(=O)COc5ccc(C)c(F)c5)(C3)C4)oc2c1. The molecule has 6 rings (SSSR count). The zero-order valence-corrected chi connectivity index (χ0v) is 18.5. The Kier molecular flexibility index (Phi) is 4.88. The largest absolute Gasteiger partial charge is 0.484 e. The summed E-state index contributed by atoms with van der Waals surface area (Å²) in [7, 11) is 0. The average Bonchev–Trinajstić information content (AvgIpc) is 2.71. The molecule has 0 radical (unpaired) electrons. The van der Waals surface area contributed by atoms with E-state index in [-0.39, 0.29) is 52.7 Å². The van der Waals surface area contributed by atoms with Crippen molar-refractivity contribution >= 4 is 22.7 Å². The Morgan fingerprint density at radius 3 is 2.58 bits per heavy atom. The van der Waals surface area contributed by atoms with Crippen LogP contribution in [-0.2, 0) is 4.79 Å². The van der Waals surface area contributed by atoms with Gasteiger partial charge in [0.25, 0.3) is 5.91 Å². The molecule has 0 aliphatic heterocycles. The highest BCUT2D eigenvalue weighted by Crippen LogP contribution is 2.69. The van der Waals surface area contributed by atoms with Crippen LogP contribution < -0.4 is 15.5 Å². The van der Waals surface area contributed by atoms with Crippen LogP contribution in [0.15, 0.2) is 51.7 Å². The van der Waals surface area contributed by atoms with E-state index in [1.54, 1.807) is 31.2 Å². The van der Waals surface area contributed by atoms with Gasteiger partial charge in [-0.15, -0.1) is 0 Å². The molecule has 2 bridgehead atoms. The fourth-order valence-electron chi connectivity index (χ4n) is 5.29. The molecule has 0 saturated heterocycles. The minimum atomic E-state index is -0.378. The maximum Gasteiger partial charge on any atom is 0.258 e. The van der Waals surface area contributed by atoms with Crippen LogP contribution in [0.1, 0.15) is 47.4 Å². The van der Waals surface area contributed by atoms with Crippen LogP contribution in [0.4, 0.5) is 4.39 Å². The van der Waals surface area contributed by atoms with Crippen LogP contribution in [0.2, 0.25) is 0 Å². The number of carbonyl (C=O) groups excluding carboxylic acids is 2. The highest BCUT2D eigenvalue weighted by Gasteiger charge is 2.68. The Bertz CT molecular complexity index is 1340. The molecule has 170 valence electrons. The van der Waals surface area contributed by atoms with Crippen LogP contribution >= 0.6 is 0 Å². The quantitative estimate of drug-likeness (QED) is 0.546. The van der Waals surface area contributed by atoms with E-state index >= 15 is 0 Å². The fourth-order valence-corrected chi connectivity index (χ4v) is 5.29. The van der Waals surface area contributed by atoms with Gasteiger partial charge < -0.3 is 14.5 Å². The lowest BCUT2D eigenvalue weighted by molar-refractivity contribution is -0.164. The second-order valence-electron chi connectivity index (χ2n) is 9.63. The molecule has 3 aromatic rings. The van der Waals surface area contributed by atoms with Gasteiger partial charge in [-0.2, -0.15) is 0 Å². The number of ketones is 1. The Labute approximate surface area is 189 Å². The average molecular weight is 449 g/mol. The number of Topliss-reactive ketones (excluding diaryl/α,β-unsaturated/α-hetero) is 1. The standard InChI is InChI=1S/C26H24FNO5/c1-15-3-6-18-20(29)9-23(33-22(18)7-15)21(30)10-25-12-26(13-25,14-25)28-24(31)11-32-17-5-4-16(2)19(27)8-17/h3-9H,10-14H2,1-2H3,(H,28,31). The molecule has 1 aromatic heterocycles. The Morgan fingerprint density at radius 2 is 1.85 bits per heavy atom. The summed E-state index contributed by atoms with van der Waals surface area (Å²) in [4.78, 5) is 37.5. The fraction of sp³-hybridized carbons (Fsp3) is 0.346. The molecule has 0 spiro atoms. The maximum absolute atomic E-state index is 13.6. The van der Waals surface area contributed by atoms with Gasteiger partial charge in [0.15, 0.2) is 23.6 Å². The van der Waals surface area contributed by atoms with Crippen molar-refractivity contribution in [2.24, 2.45) is 5.41 Å². The van der Waals surface area contributed by atoms with Crippen molar-refractivity contribution in [1.82, 2.24) is 5.32 Å². The van der Waals surface area contributed by atoms with Gasteiger partial charge in [0, 0.05) is 24.1 Å². The lowest BCUT2D eigenvalue weighted by atomic mass is 9.38. The summed E-state index contributed by atoms with van der Waals surface area (Å²) in [6.45, 7) is 3.36. The molecule has 6 nitrogen and oxygen atoms in total. The summed E-state index contributed by atoms with van der Waals surface area (Å²) in [6, 6.07) is 11.1. The number of hydrogen-bond acceptors (Lipinski definition) is 5. The molecule has 33 heavy (non-hydrogen) atoms. The minimum Gasteiger partial charge on any atom is -0.484 e. The Hall–Kier alpha value is -3.48. The van der Waals surface area contributed by atoms with E-state index in [2.05, 4.69) is 5.32 Å². The molecule has 1 amide bonds. The van der Waals surface area contributed by atoms with Crippen LogP contribution in [0.3, 0.4) is 0 Å². The van der Waals surface area contributed by atoms with Crippen molar-refractivity contribution < 1.29 is 23.1 Å². The van der Waals surface area contributed by atoms with E-state index in [4.69, 9.17) is 9.15 Å². The predicted molar refractivity (Wildman–Crippen MR) is 120 cm³/mol. The number of halogens is 1. The number of fused-ring (bicyclic) bond motifs is 1. The molecule has 1 heterocycles. The second kappa shape index (κ2) is 7.54. The minimum absolute atomic E-state index is 0.0830. The van der Waals surface area contributed by atoms with Gasteiger partial charge in [0.1, 0.15) is 17.1 Å². The van der Waals surface area contributed by atoms with E-state index in [9.17, 15) is 18.8 Å². The zero-order valence-electron chi connectivity index (χ0n) is 18.5. The van der Waals surface area contributed by atoms with Crippen LogP contribution in [-0.4, -0.2) is 23.8 Å². The first-order valence-corrected chi connectivity index (χ1v) is 10.9. The summed E-state index contributed by atoms with van der Waals surface area (Å²) >= 11 is 0. The highest BCUT2D eigenvalue weighted by molar-refractivity contribution is 5.95. The highest BCUT2D eigenvalue weighted by atomic mass is 19.1. The predicted octanol–water partition coefficient (Wildman–Crippen LogP) is 4.24. The van der Waals surface area contributed by atoms with Gasteiger partial charge in [-0.1, -0.05) is 12.1 Å². The normalized spacial score (nSPS) is 22.9. The molecule has 3 fully saturated rings. The maximum atomic E-state index is 13.6. The zero-order chi connectivity index (χ0) is 23.4. The molecular formula is C26H24FNO5. The van der Waals surface area contributed by atoms with Crippen LogP contribution in [0.25, 0.3) is 11.0 Å². The van der Waals surface area contributed by atoms with Crippen molar-refractivity contribution in [3.8, 4) is 5.75 Å². The van der Waals surface area contributed by atoms with Gasteiger partial charge in [-0.3, -0.25) is 14.4 Å². The number of nitrogens with one attached hydrogen (secondary N) is 1. The summed E-state index contributed by atoms with van der Waals surface area (Å²) < 4.78 is 24.7. The van der Waals surface area contributed by atoms with Crippen molar-refractivity contribution in [1.29, 1.82) is 0 Å². The van der Waals surface area contributed by atoms with E-state index in [0.717, 1.165) is 5.56 Å². The van der Waals surface area contributed by atoms with Crippen molar-refractivity contribution in [2.45, 2.75) is 45.1 Å². The number of rotatable bonds is 7. The van der Waals surface area contributed by atoms with Crippen molar-refractivity contribution in [3.63, 3.8) is 0 Å². The third-order valence-corrected chi connectivity index (χ3v) is 6.75. The number of aryl methyl sites for hydroxylation is 2. The number of benzene rings is 2. The topological polar surface area (TPSA) is 85.6 Å². The van der Waals surface area contributed by atoms with E-state index in [1.807, 2.05) is 13.0 Å². The molecule has 3 saturated carbocycles. The first kappa shape index (κ1) is 21.4. The number of carbonyl (C=O) groups is 2. The summed E-state index contributed by atoms with van der Waals surface area (Å²) in [5, 5.41) is 3.45. The number of ether oxygens (including phenoxy) is 1. The monoisotopic (exact) mass is 449 g/mol. The Balaban J connectivity index is 1.16. The lowest BCUT2D eigenvalue weighted by Gasteiger charge is -2.70. The van der Waals surface area contributed by atoms with E-state index in [0.29, 0.717) is 41.5 Å². The number of amides is 1. The van der Waals surface area contributed by atoms with Gasteiger partial charge >= 0.3 is 0 Å². The summed E-state index contributed by atoms with van der Waals surface area (Å²) in [6.07, 6.45) is 2.39. The molecular weight excluding hydrogens is 425 g/mol. The first-order valence-electron chi connectivity index (χ1n) is 10.9. The lowest BCUT2D eigenvalue weighted by Crippen LogP contribution is -2.75. The summed E-state index contributed by atoms with van der Waals surface area (Å²) in [5.74, 6) is -0.456. The molecule has 0 atom stereocenters. The van der Waals surface area contributed by atoms with E-state index < -0.39 is 0 Å². The Morgan fingerprint density at radius 1 is 1.09 bits per heavy atom. The van der Waals surface area contributed by atoms with E-state index in [1.165, 1.54) is 12.1 Å². The van der Waals surface area contributed by atoms with Gasteiger partial charge in [0.2, 0.25) is 0 Å². The van der Waals surface area contributed by atoms with Crippen molar-refractivity contribution in [2.75, 3.05) is 6.61 Å². The van der Waals surface area contributed by atoms with Gasteiger partial charge in [-0.05, 0) is 67.9 Å². The molecule has 3 aliphatic rings. The molecule has 2 aromatic carbocycles. The van der Waals surface area contributed by atoms with Gasteiger partial charge in [-0.25, -0.2) is 4.39 Å². The molecule has 0 unspecified atom stereocenters. The molecule has 1 N–H and O–H groups in total. The van der Waals surface area contributed by atoms with Gasteiger partial charge in [0.05, 0.1) is 5.39 Å². The van der Waals surface area contributed by atoms with Crippen molar-refractivity contribution in [3.05, 3.63) is 75.4 Å².